The van der Waals surface area contributed by atoms with Crippen LogP contribution in [-0.4, -0.2) is 13.1 Å². The van der Waals surface area contributed by atoms with Crippen molar-refractivity contribution >= 4 is 5.97 Å². The number of hydrogen-bond acceptors (Lipinski definition) is 3. The third-order valence-corrected chi connectivity index (χ3v) is 2.28. The van der Waals surface area contributed by atoms with Crippen LogP contribution in [0.15, 0.2) is 12.1 Å². The minimum Gasteiger partial charge on any atom is -0.496 e. The molecule has 0 fully saturated rings. The van der Waals surface area contributed by atoms with E-state index in [1.807, 2.05) is 19.1 Å². The number of carbonyl (C=O) groups is 1. The van der Waals surface area contributed by atoms with Crippen molar-refractivity contribution in [2.45, 2.75) is 13.5 Å². The zero-order valence-corrected chi connectivity index (χ0v) is 7.59. The zero-order chi connectivity index (χ0) is 9.42. The number of cyclic esters (lactones) is 1. The lowest BCUT2D eigenvalue weighted by Crippen LogP contribution is -1.99. The van der Waals surface area contributed by atoms with Gasteiger partial charge in [0.15, 0.2) is 0 Å². The van der Waals surface area contributed by atoms with Gasteiger partial charge in [-0.25, -0.2) is 4.79 Å². The maximum Gasteiger partial charge on any atom is 0.339 e. The SMILES string of the molecule is COc1ccc2c(c1C)C(=O)OC2. The van der Waals surface area contributed by atoms with Gasteiger partial charge in [-0.2, -0.15) is 0 Å². The summed E-state index contributed by atoms with van der Waals surface area (Å²) < 4.78 is 10.0. The Hall–Kier alpha value is -1.51. The fraction of sp³-hybridized carbons (Fsp3) is 0.300. The maximum atomic E-state index is 11.3. The second-order valence-corrected chi connectivity index (χ2v) is 3.00. The molecule has 0 atom stereocenters. The molecule has 0 unspecified atom stereocenters. The number of methoxy groups -OCH3 is 1. The molecular formula is C10H10O3. The zero-order valence-electron chi connectivity index (χ0n) is 7.59. The highest BCUT2D eigenvalue weighted by Crippen LogP contribution is 2.29. The van der Waals surface area contributed by atoms with Crippen molar-refractivity contribution in [2.75, 3.05) is 7.11 Å². The molecule has 0 aromatic heterocycles. The minimum atomic E-state index is -0.244. The second kappa shape index (κ2) is 2.76. The van der Waals surface area contributed by atoms with Gasteiger partial charge in [-0.05, 0) is 13.0 Å². The van der Waals surface area contributed by atoms with Crippen LogP contribution in [0.3, 0.4) is 0 Å². The molecule has 0 saturated heterocycles. The lowest BCUT2D eigenvalue weighted by Gasteiger charge is -2.06. The smallest absolute Gasteiger partial charge is 0.339 e. The average Bonchev–Trinajstić information content (AvgIpc) is 2.49. The van der Waals surface area contributed by atoms with Gasteiger partial charge in [0.2, 0.25) is 0 Å². The van der Waals surface area contributed by atoms with Crippen LogP contribution < -0.4 is 4.74 Å². The molecule has 0 bridgehead atoms. The Balaban J connectivity index is 2.63. The summed E-state index contributed by atoms with van der Waals surface area (Å²) in [5, 5.41) is 0. The number of fused-ring (bicyclic) bond motifs is 1. The van der Waals surface area contributed by atoms with Gasteiger partial charge >= 0.3 is 5.97 Å². The second-order valence-electron chi connectivity index (χ2n) is 3.00. The number of esters is 1. The normalized spacial score (nSPS) is 13.8. The summed E-state index contributed by atoms with van der Waals surface area (Å²) in [5.74, 6) is 0.490. The molecule has 0 saturated carbocycles. The number of rotatable bonds is 1. The van der Waals surface area contributed by atoms with Crippen molar-refractivity contribution in [1.29, 1.82) is 0 Å². The number of carbonyl (C=O) groups excluding carboxylic acids is 1. The summed E-state index contributed by atoms with van der Waals surface area (Å²) in [6.45, 7) is 2.25. The van der Waals surface area contributed by atoms with E-state index in [9.17, 15) is 4.79 Å². The summed E-state index contributed by atoms with van der Waals surface area (Å²) in [5.41, 5.74) is 2.48. The van der Waals surface area contributed by atoms with Gasteiger partial charge in [-0.3, -0.25) is 0 Å². The topological polar surface area (TPSA) is 35.5 Å². The van der Waals surface area contributed by atoms with E-state index < -0.39 is 0 Å². The molecule has 3 heteroatoms. The van der Waals surface area contributed by atoms with Crippen molar-refractivity contribution in [1.82, 2.24) is 0 Å². The van der Waals surface area contributed by atoms with Gasteiger partial charge in [0.05, 0.1) is 12.7 Å². The Labute approximate surface area is 76.3 Å². The molecule has 0 amide bonds. The van der Waals surface area contributed by atoms with Gasteiger partial charge in [-0.15, -0.1) is 0 Å². The molecule has 0 aliphatic carbocycles. The Bertz CT molecular complexity index is 369. The first-order chi connectivity index (χ1) is 6.24. The molecule has 0 radical (unpaired) electrons. The van der Waals surface area contributed by atoms with Crippen molar-refractivity contribution in [2.24, 2.45) is 0 Å². The summed E-state index contributed by atoms with van der Waals surface area (Å²) >= 11 is 0. The van der Waals surface area contributed by atoms with Crippen LogP contribution in [0.2, 0.25) is 0 Å². The van der Waals surface area contributed by atoms with Crippen LogP contribution in [0.5, 0.6) is 5.75 Å². The fourth-order valence-electron chi connectivity index (χ4n) is 1.59. The van der Waals surface area contributed by atoms with E-state index in [1.165, 1.54) is 0 Å². The molecule has 1 aliphatic rings. The number of benzene rings is 1. The van der Waals surface area contributed by atoms with Crippen LogP contribution in [0, 0.1) is 6.92 Å². The highest BCUT2D eigenvalue weighted by Gasteiger charge is 2.24. The minimum absolute atomic E-state index is 0.244. The predicted octanol–water partition coefficient (Wildman–Crippen LogP) is 1.67. The molecule has 1 heterocycles. The molecule has 0 N–H and O–H groups in total. The van der Waals surface area contributed by atoms with Crippen molar-refractivity contribution in [3.05, 3.63) is 28.8 Å². The predicted molar refractivity (Wildman–Crippen MR) is 46.9 cm³/mol. The van der Waals surface area contributed by atoms with Gasteiger partial charge in [0.25, 0.3) is 0 Å². The van der Waals surface area contributed by atoms with Crippen LogP contribution in [0.4, 0.5) is 0 Å². The van der Waals surface area contributed by atoms with Crippen LogP contribution in [0.25, 0.3) is 0 Å². The number of ether oxygens (including phenoxy) is 2. The first-order valence-electron chi connectivity index (χ1n) is 4.07. The molecule has 1 aromatic carbocycles. The molecule has 3 nitrogen and oxygen atoms in total. The van der Waals surface area contributed by atoms with E-state index in [0.29, 0.717) is 12.2 Å². The van der Waals surface area contributed by atoms with Crippen molar-refractivity contribution in [3.63, 3.8) is 0 Å². The Morgan fingerprint density at radius 1 is 1.46 bits per heavy atom. The third-order valence-electron chi connectivity index (χ3n) is 2.28. The summed E-state index contributed by atoms with van der Waals surface area (Å²) in [6.07, 6.45) is 0. The Morgan fingerprint density at radius 2 is 2.23 bits per heavy atom. The first-order valence-corrected chi connectivity index (χ1v) is 4.07. The van der Waals surface area contributed by atoms with E-state index in [1.54, 1.807) is 7.11 Å². The van der Waals surface area contributed by atoms with Gasteiger partial charge in [-0.1, -0.05) is 6.07 Å². The van der Waals surface area contributed by atoms with Crippen LogP contribution in [0.1, 0.15) is 21.5 Å². The summed E-state index contributed by atoms with van der Waals surface area (Å²) in [7, 11) is 1.59. The Kier molecular flexibility index (Phi) is 1.72. The molecule has 1 aromatic rings. The standard InChI is InChI=1S/C10H10O3/c1-6-8(12-2)4-3-7-5-13-10(11)9(6)7/h3-4H,5H2,1-2H3. The highest BCUT2D eigenvalue weighted by atomic mass is 16.5. The van der Waals surface area contributed by atoms with E-state index in [4.69, 9.17) is 9.47 Å². The summed E-state index contributed by atoms with van der Waals surface area (Å²) in [4.78, 5) is 11.3. The highest BCUT2D eigenvalue weighted by molar-refractivity contribution is 5.95. The molecule has 68 valence electrons. The third kappa shape index (κ3) is 1.08. The fourth-order valence-corrected chi connectivity index (χ4v) is 1.59. The van der Waals surface area contributed by atoms with Crippen LogP contribution in [-0.2, 0) is 11.3 Å². The van der Waals surface area contributed by atoms with E-state index >= 15 is 0 Å². The first kappa shape index (κ1) is 8.10. The lowest BCUT2D eigenvalue weighted by molar-refractivity contribution is 0.0534. The lowest BCUT2D eigenvalue weighted by atomic mass is 10.0. The largest absolute Gasteiger partial charge is 0.496 e. The van der Waals surface area contributed by atoms with E-state index in [-0.39, 0.29) is 5.97 Å². The molecule has 2 rings (SSSR count). The maximum absolute atomic E-state index is 11.3. The molecule has 13 heavy (non-hydrogen) atoms. The molecular weight excluding hydrogens is 168 g/mol. The van der Waals surface area contributed by atoms with Gasteiger partial charge < -0.3 is 9.47 Å². The monoisotopic (exact) mass is 178 g/mol. The van der Waals surface area contributed by atoms with Gasteiger partial charge in [0, 0.05) is 11.1 Å². The average molecular weight is 178 g/mol. The summed E-state index contributed by atoms with van der Waals surface area (Å²) in [6, 6.07) is 3.72. The molecule has 1 aliphatic heterocycles. The van der Waals surface area contributed by atoms with Gasteiger partial charge in [0.1, 0.15) is 12.4 Å². The Morgan fingerprint density at radius 3 is 2.92 bits per heavy atom. The van der Waals surface area contributed by atoms with Crippen molar-refractivity contribution in [3.8, 4) is 5.75 Å². The van der Waals surface area contributed by atoms with Crippen molar-refractivity contribution < 1.29 is 14.3 Å². The number of hydrogen-bond donors (Lipinski definition) is 0. The van der Waals surface area contributed by atoms with E-state index in [2.05, 4.69) is 0 Å². The van der Waals surface area contributed by atoms with Crippen LogP contribution >= 0.6 is 0 Å². The van der Waals surface area contributed by atoms with E-state index in [0.717, 1.165) is 16.9 Å². The molecule has 0 spiro atoms. The quantitative estimate of drug-likeness (QED) is 0.613.